The average Bonchev–Trinajstić information content (AvgIpc) is 3.28. The number of hydrogen-bond donors (Lipinski definition) is 1. The van der Waals surface area contributed by atoms with E-state index in [0.29, 0.717) is 28.1 Å². The Hall–Kier alpha value is -2.63. The van der Waals surface area contributed by atoms with E-state index in [2.05, 4.69) is 15.5 Å². The second-order valence-electron chi connectivity index (χ2n) is 6.78. The molecule has 4 rings (SSSR count). The van der Waals surface area contributed by atoms with Gasteiger partial charge in [0.05, 0.1) is 22.3 Å². The predicted octanol–water partition coefficient (Wildman–Crippen LogP) is 4.08. The minimum atomic E-state index is -0.0929. The Labute approximate surface area is 145 Å². The van der Waals surface area contributed by atoms with Gasteiger partial charge in [0.15, 0.2) is 0 Å². The fourth-order valence-electron chi connectivity index (χ4n) is 3.63. The number of rotatable bonds is 3. The van der Waals surface area contributed by atoms with E-state index in [-0.39, 0.29) is 11.9 Å². The SMILES string of the molecule is Cc1cc(-c2cc(C(=O)NC3CCCC3)c3c(C)noc3n2)c(C)o1. The first-order chi connectivity index (χ1) is 12.0. The number of nitrogens with zero attached hydrogens (tertiary/aromatic N) is 2. The Morgan fingerprint density at radius 2 is 1.96 bits per heavy atom. The highest BCUT2D eigenvalue weighted by Gasteiger charge is 2.23. The summed E-state index contributed by atoms with van der Waals surface area (Å²) in [7, 11) is 0. The molecule has 25 heavy (non-hydrogen) atoms. The molecule has 1 N–H and O–H groups in total. The first-order valence-electron chi connectivity index (χ1n) is 8.68. The summed E-state index contributed by atoms with van der Waals surface area (Å²) >= 11 is 0. The van der Waals surface area contributed by atoms with Crippen LogP contribution in [0.2, 0.25) is 0 Å². The van der Waals surface area contributed by atoms with Gasteiger partial charge >= 0.3 is 0 Å². The lowest BCUT2D eigenvalue weighted by atomic mass is 10.0. The van der Waals surface area contributed by atoms with Crippen molar-refractivity contribution in [3.8, 4) is 11.3 Å². The second kappa shape index (κ2) is 6.02. The number of nitrogens with one attached hydrogen (secondary N) is 1. The lowest BCUT2D eigenvalue weighted by molar-refractivity contribution is 0.0939. The zero-order valence-electron chi connectivity index (χ0n) is 14.7. The van der Waals surface area contributed by atoms with Crippen LogP contribution in [0.25, 0.3) is 22.4 Å². The van der Waals surface area contributed by atoms with Gasteiger partial charge in [-0.1, -0.05) is 18.0 Å². The summed E-state index contributed by atoms with van der Waals surface area (Å²) in [6, 6.07) is 3.98. The number of aryl methyl sites for hydroxylation is 3. The molecule has 1 fully saturated rings. The Kier molecular flexibility index (Phi) is 3.82. The van der Waals surface area contributed by atoms with Crippen LogP contribution in [0.4, 0.5) is 0 Å². The number of carbonyl (C=O) groups excluding carboxylic acids is 1. The molecule has 1 saturated carbocycles. The quantitative estimate of drug-likeness (QED) is 0.777. The first-order valence-corrected chi connectivity index (χ1v) is 8.68. The van der Waals surface area contributed by atoms with Gasteiger partial charge in [-0.15, -0.1) is 0 Å². The highest BCUT2D eigenvalue weighted by atomic mass is 16.5. The Morgan fingerprint density at radius 1 is 1.20 bits per heavy atom. The van der Waals surface area contributed by atoms with Gasteiger partial charge in [-0.2, -0.15) is 0 Å². The van der Waals surface area contributed by atoms with E-state index in [1.54, 1.807) is 0 Å². The smallest absolute Gasteiger partial charge is 0.259 e. The van der Waals surface area contributed by atoms with Crippen molar-refractivity contribution in [1.29, 1.82) is 0 Å². The Bertz CT molecular complexity index is 948. The Balaban J connectivity index is 1.82. The van der Waals surface area contributed by atoms with E-state index in [0.717, 1.165) is 29.9 Å². The van der Waals surface area contributed by atoms with E-state index < -0.39 is 0 Å². The maximum atomic E-state index is 12.9. The topological polar surface area (TPSA) is 81.2 Å². The third kappa shape index (κ3) is 2.81. The van der Waals surface area contributed by atoms with Crippen LogP contribution in [-0.4, -0.2) is 22.1 Å². The number of furan rings is 1. The zero-order valence-corrected chi connectivity index (χ0v) is 14.7. The zero-order chi connectivity index (χ0) is 17.6. The van der Waals surface area contributed by atoms with E-state index in [4.69, 9.17) is 8.94 Å². The number of aromatic nitrogens is 2. The maximum absolute atomic E-state index is 12.9. The molecule has 1 aliphatic rings. The van der Waals surface area contributed by atoms with Crippen molar-refractivity contribution in [2.45, 2.75) is 52.5 Å². The molecule has 0 bridgehead atoms. The first kappa shape index (κ1) is 15.9. The van der Waals surface area contributed by atoms with Crippen molar-refractivity contribution in [2.75, 3.05) is 0 Å². The van der Waals surface area contributed by atoms with Gasteiger partial charge in [0.1, 0.15) is 11.5 Å². The van der Waals surface area contributed by atoms with Gasteiger partial charge in [-0.05, 0) is 45.7 Å². The number of pyridine rings is 1. The molecular weight excluding hydrogens is 318 g/mol. The highest BCUT2D eigenvalue weighted by molar-refractivity contribution is 6.07. The van der Waals surface area contributed by atoms with Gasteiger partial charge in [-0.3, -0.25) is 4.79 Å². The second-order valence-corrected chi connectivity index (χ2v) is 6.78. The van der Waals surface area contributed by atoms with Gasteiger partial charge in [0.2, 0.25) is 0 Å². The highest BCUT2D eigenvalue weighted by Crippen LogP contribution is 2.30. The molecule has 3 aromatic heterocycles. The lowest BCUT2D eigenvalue weighted by Gasteiger charge is -2.13. The number of amides is 1. The van der Waals surface area contributed by atoms with E-state index >= 15 is 0 Å². The van der Waals surface area contributed by atoms with Gasteiger partial charge in [-0.25, -0.2) is 4.98 Å². The van der Waals surface area contributed by atoms with Gasteiger partial charge in [0.25, 0.3) is 11.6 Å². The molecule has 3 aromatic rings. The van der Waals surface area contributed by atoms with Crippen molar-refractivity contribution in [1.82, 2.24) is 15.5 Å². The average molecular weight is 339 g/mol. The van der Waals surface area contributed by atoms with Crippen LogP contribution < -0.4 is 5.32 Å². The summed E-state index contributed by atoms with van der Waals surface area (Å²) < 4.78 is 11.0. The van der Waals surface area contributed by atoms with Crippen LogP contribution in [0.1, 0.15) is 53.3 Å². The van der Waals surface area contributed by atoms with Crippen LogP contribution in [0.15, 0.2) is 21.1 Å². The van der Waals surface area contributed by atoms with Gasteiger partial charge < -0.3 is 14.3 Å². The molecule has 1 amide bonds. The standard InChI is InChI=1S/C19H21N3O3/c1-10-8-14(12(3)24-10)16-9-15(17-11(2)22-25-19(17)21-16)18(23)20-13-6-4-5-7-13/h8-9,13H,4-7H2,1-3H3,(H,20,23). The van der Waals surface area contributed by atoms with Crippen LogP contribution in [0.3, 0.4) is 0 Å². The van der Waals surface area contributed by atoms with Gasteiger partial charge in [0, 0.05) is 11.6 Å². The minimum Gasteiger partial charge on any atom is -0.466 e. The molecule has 6 nitrogen and oxygen atoms in total. The molecule has 0 aliphatic heterocycles. The number of fused-ring (bicyclic) bond motifs is 1. The van der Waals surface area contributed by atoms with Crippen LogP contribution >= 0.6 is 0 Å². The normalized spacial score (nSPS) is 15.2. The van der Waals surface area contributed by atoms with Crippen LogP contribution in [0.5, 0.6) is 0 Å². The van der Waals surface area contributed by atoms with Crippen molar-refractivity contribution >= 4 is 17.0 Å². The Morgan fingerprint density at radius 3 is 2.64 bits per heavy atom. The third-order valence-corrected chi connectivity index (χ3v) is 4.87. The summed E-state index contributed by atoms with van der Waals surface area (Å²) in [6.45, 7) is 5.60. The summed E-state index contributed by atoms with van der Waals surface area (Å²) in [4.78, 5) is 17.5. The van der Waals surface area contributed by atoms with E-state index in [1.807, 2.05) is 32.9 Å². The molecule has 0 unspecified atom stereocenters. The molecular formula is C19H21N3O3. The summed E-state index contributed by atoms with van der Waals surface area (Å²) in [5, 5.41) is 7.81. The molecule has 3 heterocycles. The molecule has 0 saturated heterocycles. The largest absolute Gasteiger partial charge is 0.466 e. The van der Waals surface area contributed by atoms with E-state index in [9.17, 15) is 4.79 Å². The monoisotopic (exact) mass is 339 g/mol. The molecule has 0 spiro atoms. The van der Waals surface area contributed by atoms with Crippen LogP contribution in [0, 0.1) is 20.8 Å². The van der Waals surface area contributed by atoms with E-state index in [1.165, 1.54) is 12.8 Å². The van der Waals surface area contributed by atoms with Crippen molar-refractivity contribution in [2.24, 2.45) is 0 Å². The summed E-state index contributed by atoms with van der Waals surface area (Å²) in [6.07, 6.45) is 4.41. The van der Waals surface area contributed by atoms with Crippen LogP contribution in [-0.2, 0) is 0 Å². The molecule has 1 aliphatic carbocycles. The molecule has 0 radical (unpaired) electrons. The predicted molar refractivity (Wildman–Crippen MR) is 93.4 cm³/mol. The summed E-state index contributed by atoms with van der Waals surface area (Å²) in [5.41, 5.74) is 3.14. The molecule has 0 aromatic carbocycles. The lowest BCUT2D eigenvalue weighted by Crippen LogP contribution is -2.32. The minimum absolute atomic E-state index is 0.0929. The number of hydrogen-bond acceptors (Lipinski definition) is 5. The van der Waals surface area contributed by atoms with Crippen molar-refractivity contribution < 1.29 is 13.7 Å². The summed E-state index contributed by atoms with van der Waals surface area (Å²) in [5.74, 6) is 1.48. The molecule has 130 valence electrons. The van der Waals surface area contributed by atoms with Crippen molar-refractivity contribution in [3.63, 3.8) is 0 Å². The molecule has 6 heteroatoms. The number of carbonyl (C=O) groups is 1. The van der Waals surface area contributed by atoms with Crippen molar-refractivity contribution in [3.05, 3.63) is 34.9 Å². The molecule has 0 atom stereocenters. The maximum Gasteiger partial charge on any atom is 0.259 e. The fraction of sp³-hybridized carbons (Fsp3) is 0.421. The fourth-order valence-corrected chi connectivity index (χ4v) is 3.63. The third-order valence-electron chi connectivity index (χ3n) is 4.87.